The minimum Gasteiger partial charge on any atom is -0.384 e. The monoisotopic (exact) mass is 894 g/mol. The van der Waals surface area contributed by atoms with Crippen molar-refractivity contribution < 1.29 is 93.7 Å². The summed E-state index contributed by atoms with van der Waals surface area (Å²) in [4.78, 5) is 0. The first-order valence-corrected chi connectivity index (χ1v) is 4.15. The molecule has 0 unspecified atom stereocenters. The van der Waals surface area contributed by atoms with Crippen LogP contribution >= 0.6 is 0 Å². The van der Waals surface area contributed by atoms with Crippen molar-refractivity contribution in [2.24, 2.45) is 0 Å². The minimum atomic E-state index is 0. The summed E-state index contributed by atoms with van der Waals surface area (Å²) in [5.41, 5.74) is 0. The van der Waals surface area contributed by atoms with Crippen molar-refractivity contribution in [1.82, 2.24) is 0 Å². The smallest absolute Gasteiger partial charge is 0.0486 e. The molecule has 0 aliphatic carbocycles. The summed E-state index contributed by atoms with van der Waals surface area (Å²) in [5, 5.41) is 0. The second-order valence-electron chi connectivity index (χ2n) is 2.29. The molecule has 0 spiro atoms. The summed E-state index contributed by atoms with van der Waals surface area (Å²) in [7, 11) is 0. The van der Waals surface area contributed by atoms with Crippen molar-refractivity contribution in [3.05, 3.63) is 13.8 Å². The van der Waals surface area contributed by atoms with Crippen LogP contribution in [-0.4, -0.2) is 26.4 Å². The Labute approximate surface area is 151 Å². The molecule has 0 amide bonds. The van der Waals surface area contributed by atoms with Crippen LogP contribution in [0.25, 0.3) is 0 Å². The van der Waals surface area contributed by atoms with Gasteiger partial charge in [0, 0.05) is 111 Å². The van der Waals surface area contributed by atoms with E-state index in [1.54, 1.807) is 0 Å². The summed E-state index contributed by atoms with van der Waals surface area (Å²) < 4.78 is 10.4. The largest absolute Gasteiger partial charge is 0.384 e. The molecule has 0 saturated heterocycles. The predicted molar refractivity (Wildman–Crippen MR) is 46.2 cm³/mol. The van der Waals surface area contributed by atoms with Gasteiger partial charge < -0.3 is 23.3 Å². The molecule has 2 nitrogen and oxygen atoms in total. The standard InChI is InChI=1S/C9H18O2.4W/c1-3-6-10-8-5-9-11-7-4-2;;;;/h1-9H2;;;;/q-2;;;;. The zero-order chi connectivity index (χ0) is 8.36. The topological polar surface area (TPSA) is 18.5 Å². The van der Waals surface area contributed by atoms with E-state index in [1.807, 2.05) is 0 Å². The molecular formula is C9H18O2W4-2. The Balaban J connectivity index is -0.0000000833. The van der Waals surface area contributed by atoms with Crippen LogP contribution in [0, 0.1) is 13.8 Å². The van der Waals surface area contributed by atoms with E-state index in [0.717, 1.165) is 45.7 Å². The quantitative estimate of drug-likeness (QED) is 0.274. The molecule has 0 aromatic rings. The van der Waals surface area contributed by atoms with Crippen LogP contribution in [0.15, 0.2) is 0 Å². The average Bonchev–Trinajstić information content (AvgIpc) is 2.03. The van der Waals surface area contributed by atoms with Gasteiger partial charge in [0.15, 0.2) is 0 Å². The van der Waals surface area contributed by atoms with Gasteiger partial charge in [0.05, 0.1) is 0 Å². The van der Waals surface area contributed by atoms with E-state index in [2.05, 4.69) is 13.8 Å². The third-order valence-electron chi connectivity index (χ3n) is 1.15. The fourth-order valence-electron chi connectivity index (χ4n) is 0.671. The van der Waals surface area contributed by atoms with E-state index in [-0.39, 0.29) is 84.3 Å². The summed E-state index contributed by atoms with van der Waals surface area (Å²) in [6.45, 7) is 10.4. The molecule has 0 bridgehead atoms. The van der Waals surface area contributed by atoms with E-state index in [9.17, 15) is 0 Å². The Kier molecular flexibility index (Phi) is 61.3. The van der Waals surface area contributed by atoms with Crippen LogP contribution in [-0.2, 0) is 93.7 Å². The second-order valence-corrected chi connectivity index (χ2v) is 2.29. The molecule has 0 heterocycles. The van der Waals surface area contributed by atoms with Crippen LogP contribution in [0.2, 0.25) is 0 Å². The van der Waals surface area contributed by atoms with E-state index < -0.39 is 0 Å². The molecule has 0 atom stereocenters. The Morgan fingerprint density at radius 2 is 0.933 bits per heavy atom. The van der Waals surface area contributed by atoms with Gasteiger partial charge in [-0.15, -0.1) is 0 Å². The molecule has 0 aromatic carbocycles. The molecule has 6 heteroatoms. The maximum atomic E-state index is 5.20. The molecule has 15 heavy (non-hydrogen) atoms. The van der Waals surface area contributed by atoms with Gasteiger partial charge in [-0.1, -0.05) is 0 Å². The van der Waals surface area contributed by atoms with Crippen molar-refractivity contribution in [3.8, 4) is 0 Å². The zero-order valence-electron chi connectivity index (χ0n) is 8.81. The van der Waals surface area contributed by atoms with Gasteiger partial charge in [0.25, 0.3) is 0 Å². The molecule has 0 aliphatic rings. The predicted octanol–water partition coefficient (Wildman–Crippen LogP) is 1.85. The van der Waals surface area contributed by atoms with Crippen LogP contribution in [0.1, 0.15) is 19.3 Å². The first-order valence-electron chi connectivity index (χ1n) is 4.15. The van der Waals surface area contributed by atoms with Crippen LogP contribution in [0.3, 0.4) is 0 Å². The van der Waals surface area contributed by atoms with Crippen molar-refractivity contribution in [1.29, 1.82) is 0 Å². The fraction of sp³-hybridized carbons (Fsp3) is 0.778. The molecular weight excluding hydrogens is 875 g/mol. The minimum absolute atomic E-state index is 0. The van der Waals surface area contributed by atoms with Gasteiger partial charge in [0.1, 0.15) is 0 Å². The van der Waals surface area contributed by atoms with Gasteiger partial charge >= 0.3 is 0 Å². The SMILES string of the molecule is [CH2-]CCOCCCOCC[CH2-].[W].[W].[W].[W]. The van der Waals surface area contributed by atoms with Crippen molar-refractivity contribution in [2.45, 2.75) is 19.3 Å². The molecule has 0 saturated carbocycles. The normalized spacial score (nSPS) is 7.60. The second kappa shape index (κ2) is 30.1. The van der Waals surface area contributed by atoms with Gasteiger partial charge in [-0.2, -0.15) is 12.8 Å². The molecule has 0 N–H and O–H groups in total. The first-order chi connectivity index (χ1) is 5.41. The number of ether oxygens (including phenoxy) is 2. The van der Waals surface area contributed by atoms with E-state index in [4.69, 9.17) is 9.47 Å². The van der Waals surface area contributed by atoms with Gasteiger partial charge in [-0.05, 0) is 6.42 Å². The van der Waals surface area contributed by atoms with Crippen molar-refractivity contribution >= 4 is 0 Å². The molecule has 0 fully saturated rings. The third-order valence-corrected chi connectivity index (χ3v) is 1.15. The van der Waals surface area contributed by atoms with Gasteiger partial charge in [0.2, 0.25) is 0 Å². The van der Waals surface area contributed by atoms with Crippen molar-refractivity contribution in [2.75, 3.05) is 26.4 Å². The maximum Gasteiger partial charge on any atom is 0.0486 e. The zero-order valence-corrected chi connectivity index (χ0v) is 20.5. The third kappa shape index (κ3) is 31.5. The van der Waals surface area contributed by atoms with Gasteiger partial charge in [-0.3, -0.25) is 0 Å². The molecule has 0 radical (unpaired) electrons. The fourth-order valence-corrected chi connectivity index (χ4v) is 0.671. The Hall–Kier alpha value is 2.67. The first kappa shape index (κ1) is 30.6. The summed E-state index contributed by atoms with van der Waals surface area (Å²) in [5.74, 6) is 0. The van der Waals surface area contributed by atoms with Crippen LogP contribution in [0.5, 0.6) is 0 Å². The summed E-state index contributed by atoms with van der Waals surface area (Å²) in [6.07, 6.45) is 2.67. The Morgan fingerprint density at radius 3 is 1.20 bits per heavy atom. The molecule has 92 valence electrons. The number of rotatable bonds is 8. The van der Waals surface area contributed by atoms with E-state index in [1.165, 1.54) is 0 Å². The van der Waals surface area contributed by atoms with E-state index >= 15 is 0 Å². The number of hydrogen-bond acceptors (Lipinski definition) is 2. The summed E-state index contributed by atoms with van der Waals surface area (Å²) in [6, 6.07) is 0. The van der Waals surface area contributed by atoms with Crippen molar-refractivity contribution in [3.63, 3.8) is 0 Å². The van der Waals surface area contributed by atoms with Gasteiger partial charge in [-0.25, -0.2) is 0 Å². The Bertz CT molecular complexity index is 69.1. The van der Waals surface area contributed by atoms with Crippen LogP contribution in [0.4, 0.5) is 0 Å². The van der Waals surface area contributed by atoms with E-state index in [0.29, 0.717) is 0 Å². The average molecular weight is 894 g/mol. The maximum absolute atomic E-state index is 5.20. The molecule has 0 aliphatic heterocycles. The molecule has 0 rings (SSSR count). The Morgan fingerprint density at radius 1 is 0.600 bits per heavy atom. The van der Waals surface area contributed by atoms with Crippen LogP contribution < -0.4 is 0 Å². The molecule has 0 aromatic heterocycles. The summed E-state index contributed by atoms with van der Waals surface area (Å²) >= 11 is 0. The number of hydrogen-bond donors (Lipinski definition) is 0.